The molecule has 0 aliphatic rings. The molecular formula is C23H20N6. The van der Waals surface area contributed by atoms with Crippen molar-refractivity contribution in [2.75, 3.05) is 23.7 Å². The summed E-state index contributed by atoms with van der Waals surface area (Å²) in [6.07, 6.45) is 1.56. The maximum atomic E-state index is 8.84. The third-order valence-corrected chi connectivity index (χ3v) is 4.61. The normalized spacial score (nSPS) is 10.5. The highest BCUT2D eigenvalue weighted by Crippen LogP contribution is 2.26. The summed E-state index contributed by atoms with van der Waals surface area (Å²) in [6.45, 7) is 3.39. The van der Waals surface area contributed by atoms with Crippen LogP contribution in [-0.2, 0) is 0 Å². The highest BCUT2D eigenvalue weighted by molar-refractivity contribution is 5.90. The Morgan fingerprint density at radius 3 is 2.48 bits per heavy atom. The Hall–Kier alpha value is -3.98. The molecule has 142 valence electrons. The van der Waals surface area contributed by atoms with Crippen molar-refractivity contribution in [2.45, 2.75) is 6.92 Å². The number of hydrogen-bond donors (Lipinski definition) is 2. The molecule has 0 aliphatic carbocycles. The van der Waals surface area contributed by atoms with Crippen molar-refractivity contribution in [1.29, 1.82) is 5.26 Å². The van der Waals surface area contributed by atoms with Gasteiger partial charge in [0.1, 0.15) is 17.7 Å². The first-order chi connectivity index (χ1) is 14.2. The molecule has 2 aromatic carbocycles. The molecule has 0 saturated carbocycles. The second-order valence-electron chi connectivity index (χ2n) is 6.63. The van der Waals surface area contributed by atoms with Gasteiger partial charge in [-0.25, -0.2) is 15.0 Å². The maximum Gasteiger partial charge on any atom is 0.162 e. The van der Waals surface area contributed by atoms with E-state index in [1.165, 1.54) is 0 Å². The molecule has 6 nitrogen and oxygen atoms in total. The Kier molecular flexibility index (Phi) is 5.30. The lowest BCUT2D eigenvalue weighted by molar-refractivity contribution is 1.04. The molecule has 29 heavy (non-hydrogen) atoms. The second-order valence-corrected chi connectivity index (χ2v) is 6.63. The Bertz CT molecular complexity index is 1180. The molecular weight excluding hydrogens is 360 g/mol. The molecule has 2 heterocycles. The molecule has 0 spiro atoms. The maximum absolute atomic E-state index is 8.84. The van der Waals surface area contributed by atoms with Crippen LogP contribution >= 0.6 is 0 Å². The number of aryl methyl sites for hydroxylation is 1. The van der Waals surface area contributed by atoms with Crippen LogP contribution in [0, 0.1) is 18.3 Å². The number of nitrogens with one attached hydrogen (secondary N) is 2. The van der Waals surface area contributed by atoms with Crippen molar-refractivity contribution in [1.82, 2.24) is 15.0 Å². The van der Waals surface area contributed by atoms with Crippen LogP contribution in [0.15, 0.2) is 66.9 Å². The third-order valence-electron chi connectivity index (χ3n) is 4.61. The summed E-state index contributed by atoms with van der Waals surface area (Å²) < 4.78 is 0. The minimum Gasteiger partial charge on any atom is -0.368 e. The summed E-state index contributed by atoms with van der Waals surface area (Å²) in [4.78, 5) is 13.8. The van der Waals surface area contributed by atoms with Crippen LogP contribution in [0.3, 0.4) is 0 Å². The van der Waals surface area contributed by atoms with Gasteiger partial charge >= 0.3 is 0 Å². The standard InChI is InChI=1S/C23H20N6/c1-16-6-2-3-7-18(16)23-28-20-9-5-4-8-19(20)22(29-23)26-13-12-25-21-11-10-17(14-24)15-27-21/h2-11,15H,12-13H2,1H3,(H,25,27)(H,26,28,29). The van der Waals surface area contributed by atoms with Crippen molar-refractivity contribution in [3.8, 4) is 17.5 Å². The molecule has 0 atom stereocenters. The largest absolute Gasteiger partial charge is 0.368 e. The van der Waals surface area contributed by atoms with E-state index in [4.69, 9.17) is 15.2 Å². The average Bonchev–Trinajstić information content (AvgIpc) is 2.77. The molecule has 6 heteroatoms. The zero-order chi connectivity index (χ0) is 20.1. The first-order valence-corrected chi connectivity index (χ1v) is 9.41. The number of fused-ring (bicyclic) bond motifs is 1. The summed E-state index contributed by atoms with van der Waals surface area (Å²) in [5, 5.41) is 16.5. The molecule has 0 radical (unpaired) electrons. The average molecular weight is 380 g/mol. The van der Waals surface area contributed by atoms with E-state index in [0.29, 0.717) is 24.5 Å². The van der Waals surface area contributed by atoms with E-state index in [1.807, 2.05) is 42.5 Å². The highest BCUT2D eigenvalue weighted by Gasteiger charge is 2.10. The summed E-state index contributed by atoms with van der Waals surface area (Å²) >= 11 is 0. The first kappa shape index (κ1) is 18.4. The third kappa shape index (κ3) is 4.14. The summed E-state index contributed by atoms with van der Waals surface area (Å²) in [5.74, 6) is 2.26. The van der Waals surface area contributed by atoms with Gasteiger partial charge in [-0.1, -0.05) is 36.4 Å². The first-order valence-electron chi connectivity index (χ1n) is 9.41. The van der Waals surface area contributed by atoms with E-state index in [-0.39, 0.29) is 0 Å². The van der Waals surface area contributed by atoms with Crippen LogP contribution in [0.2, 0.25) is 0 Å². The van der Waals surface area contributed by atoms with Gasteiger partial charge in [0, 0.05) is 30.2 Å². The highest BCUT2D eigenvalue weighted by atomic mass is 15.1. The summed E-state index contributed by atoms with van der Waals surface area (Å²) in [7, 11) is 0. The number of para-hydroxylation sites is 1. The fraction of sp³-hybridized carbons (Fsp3) is 0.130. The van der Waals surface area contributed by atoms with Crippen LogP contribution in [0.1, 0.15) is 11.1 Å². The fourth-order valence-corrected chi connectivity index (χ4v) is 3.09. The van der Waals surface area contributed by atoms with E-state index in [0.717, 1.165) is 33.7 Å². The van der Waals surface area contributed by atoms with Crippen LogP contribution in [0.5, 0.6) is 0 Å². The van der Waals surface area contributed by atoms with Crippen LogP contribution in [-0.4, -0.2) is 28.0 Å². The lowest BCUT2D eigenvalue weighted by Gasteiger charge is -2.12. The van der Waals surface area contributed by atoms with Gasteiger partial charge in [0.15, 0.2) is 5.82 Å². The molecule has 0 amide bonds. The van der Waals surface area contributed by atoms with Crippen molar-refractivity contribution in [3.63, 3.8) is 0 Å². The monoisotopic (exact) mass is 380 g/mol. The van der Waals surface area contributed by atoms with Gasteiger partial charge in [0.2, 0.25) is 0 Å². The molecule has 0 saturated heterocycles. The van der Waals surface area contributed by atoms with Crippen molar-refractivity contribution in [3.05, 3.63) is 78.0 Å². The van der Waals surface area contributed by atoms with E-state index in [9.17, 15) is 0 Å². The topological polar surface area (TPSA) is 86.5 Å². The van der Waals surface area contributed by atoms with Gasteiger partial charge in [-0.05, 0) is 36.8 Å². The number of pyridine rings is 1. The van der Waals surface area contributed by atoms with Crippen molar-refractivity contribution < 1.29 is 0 Å². The molecule has 4 aromatic rings. The number of anilines is 2. The van der Waals surface area contributed by atoms with Crippen molar-refractivity contribution in [2.24, 2.45) is 0 Å². The van der Waals surface area contributed by atoms with E-state index >= 15 is 0 Å². The SMILES string of the molecule is Cc1ccccc1-c1nc(NCCNc2ccc(C#N)cn2)c2ccccc2n1. The van der Waals surface area contributed by atoms with Crippen molar-refractivity contribution >= 4 is 22.5 Å². The molecule has 0 fully saturated rings. The summed E-state index contributed by atoms with van der Waals surface area (Å²) in [6, 6.07) is 21.7. The van der Waals surface area contributed by atoms with E-state index < -0.39 is 0 Å². The van der Waals surface area contributed by atoms with E-state index in [1.54, 1.807) is 18.3 Å². The molecule has 4 rings (SSSR count). The predicted octanol–water partition coefficient (Wildman–Crippen LogP) is 4.40. The minimum absolute atomic E-state index is 0.546. The van der Waals surface area contributed by atoms with Gasteiger partial charge in [-0.15, -0.1) is 0 Å². The Morgan fingerprint density at radius 1 is 0.897 bits per heavy atom. The number of aromatic nitrogens is 3. The van der Waals surface area contributed by atoms with Gasteiger partial charge in [-0.3, -0.25) is 0 Å². The number of nitrogens with zero attached hydrogens (tertiary/aromatic N) is 4. The zero-order valence-electron chi connectivity index (χ0n) is 16.1. The number of hydrogen-bond acceptors (Lipinski definition) is 6. The van der Waals surface area contributed by atoms with Gasteiger partial charge in [-0.2, -0.15) is 5.26 Å². The minimum atomic E-state index is 0.546. The fourth-order valence-electron chi connectivity index (χ4n) is 3.09. The van der Waals surface area contributed by atoms with Crippen LogP contribution < -0.4 is 10.6 Å². The smallest absolute Gasteiger partial charge is 0.162 e. The summed E-state index contributed by atoms with van der Waals surface area (Å²) in [5.41, 5.74) is 3.62. The molecule has 0 bridgehead atoms. The molecule has 2 aromatic heterocycles. The van der Waals surface area contributed by atoms with E-state index in [2.05, 4.69) is 34.7 Å². The Morgan fingerprint density at radius 2 is 1.69 bits per heavy atom. The van der Waals surface area contributed by atoms with Gasteiger partial charge in [0.05, 0.1) is 11.1 Å². The molecule has 0 unspecified atom stereocenters. The lowest BCUT2D eigenvalue weighted by atomic mass is 10.1. The van der Waals surface area contributed by atoms with Crippen LogP contribution in [0.4, 0.5) is 11.6 Å². The van der Waals surface area contributed by atoms with Crippen LogP contribution in [0.25, 0.3) is 22.3 Å². The Balaban J connectivity index is 1.53. The van der Waals surface area contributed by atoms with Gasteiger partial charge in [0.25, 0.3) is 0 Å². The number of nitriles is 1. The van der Waals surface area contributed by atoms with Gasteiger partial charge < -0.3 is 10.6 Å². The lowest BCUT2D eigenvalue weighted by Crippen LogP contribution is -2.15. The zero-order valence-corrected chi connectivity index (χ0v) is 16.1. The second kappa shape index (κ2) is 8.36. The number of rotatable bonds is 6. The predicted molar refractivity (Wildman–Crippen MR) is 116 cm³/mol. The number of benzene rings is 2. The molecule has 0 aliphatic heterocycles. The Labute approximate surface area is 169 Å². The quantitative estimate of drug-likeness (QED) is 0.482. The molecule has 2 N–H and O–H groups in total.